The zero-order valence-electron chi connectivity index (χ0n) is 19.3. The Hall–Kier alpha value is -3.60. The number of hydrogen-bond donors (Lipinski definition) is 2. The number of rotatable bonds is 4. The first-order chi connectivity index (χ1) is 16.3. The third-order valence-electron chi connectivity index (χ3n) is 6.14. The molecule has 0 unspecified atom stereocenters. The van der Waals surface area contributed by atoms with Crippen LogP contribution in [0, 0.1) is 6.92 Å². The highest BCUT2D eigenvalue weighted by atomic mass is 32.2. The van der Waals surface area contributed by atoms with Crippen molar-refractivity contribution in [1.82, 2.24) is 19.9 Å². The van der Waals surface area contributed by atoms with Gasteiger partial charge in [-0.25, -0.2) is 18.4 Å². The van der Waals surface area contributed by atoms with Crippen LogP contribution in [0.2, 0.25) is 0 Å². The van der Waals surface area contributed by atoms with E-state index in [9.17, 15) is 8.42 Å². The second kappa shape index (κ2) is 8.64. The number of aryl methyl sites for hydroxylation is 1. The van der Waals surface area contributed by atoms with E-state index in [1.165, 1.54) is 0 Å². The van der Waals surface area contributed by atoms with Crippen LogP contribution in [0.5, 0.6) is 0 Å². The topological polar surface area (TPSA) is 120 Å². The maximum absolute atomic E-state index is 12.5. The number of benzene rings is 1. The summed E-state index contributed by atoms with van der Waals surface area (Å²) < 4.78 is 34.5. The third-order valence-corrected chi connectivity index (χ3v) is 7.33. The monoisotopic (exact) mass is 481 g/mol. The summed E-state index contributed by atoms with van der Waals surface area (Å²) in [5.41, 5.74) is 3.41. The molecule has 0 radical (unpaired) electrons. The van der Waals surface area contributed by atoms with E-state index in [0.717, 1.165) is 39.1 Å². The van der Waals surface area contributed by atoms with Crippen molar-refractivity contribution in [1.29, 1.82) is 0 Å². The van der Waals surface area contributed by atoms with Crippen LogP contribution in [0.3, 0.4) is 0 Å². The summed E-state index contributed by atoms with van der Waals surface area (Å²) in [6, 6.07) is 7.47. The molecule has 0 saturated carbocycles. The number of aromatic nitrogens is 3. The van der Waals surface area contributed by atoms with Gasteiger partial charge in [-0.05, 0) is 50.6 Å². The molecule has 1 aromatic carbocycles. The fraction of sp³-hybridized carbons (Fsp3) is 0.348. The molecule has 1 fully saturated rings. The number of guanidine groups is 1. The number of nitrogens with one attached hydrogen (secondary N) is 2. The Morgan fingerprint density at radius 3 is 2.94 bits per heavy atom. The first kappa shape index (κ1) is 22.2. The number of anilines is 2. The van der Waals surface area contributed by atoms with Crippen molar-refractivity contribution < 1.29 is 12.8 Å². The number of nitrogens with zero attached hydrogens (tertiary/aromatic N) is 5. The van der Waals surface area contributed by atoms with Crippen LogP contribution in [0.4, 0.5) is 11.5 Å². The van der Waals surface area contributed by atoms with Gasteiger partial charge in [-0.2, -0.15) is 0 Å². The van der Waals surface area contributed by atoms with Crippen LogP contribution in [-0.2, 0) is 10.0 Å². The van der Waals surface area contributed by atoms with Gasteiger partial charge in [0.15, 0.2) is 0 Å². The molecular weight excluding hydrogens is 454 g/mol. The summed E-state index contributed by atoms with van der Waals surface area (Å²) >= 11 is 0. The molecule has 1 aliphatic heterocycles. The van der Waals surface area contributed by atoms with Gasteiger partial charge in [0.25, 0.3) is 10.0 Å². The number of furan rings is 1. The van der Waals surface area contributed by atoms with Gasteiger partial charge in [-0.3, -0.25) is 0 Å². The lowest BCUT2D eigenvalue weighted by Gasteiger charge is -2.42. The number of H-pyrrole nitrogens is 1. The molecule has 4 heterocycles. The normalized spacial score (nSPS) is 17.6. The van der Waals surface area contributed by atoms with Crippen LogP contribution in [0.1, 0.15) is 19.4 Å². The van der Waals surface area contributed by atoms with Gasteiger partial charge in [0.05, 0.1) is 17.4 Å². The Kier molecular flexibility index (Phi) is 5.64. The van der Waals surface area contributed by atoms with Crippen molar-refractivity contribution >= 4 is 49.5 Å². The lowest BCUT2D eigenvalue weighted by atomic mass is 10.1. The van der Waals surface area contributed by atoms with Crippen molar-refractivity contribution in [3.63, 3.8) is 0 Å². The summed E-state index contributed by atoms with van der Waals surface area (Å²) in [4.78, 5) is 16.3. The molecule has 34 heavy (non-hydrogen) atoms. The van der Waals surface area contributed by atoms with Crippen molar-refractivity contribution in [3.8, 4) is 0 Å². The maximum Gasteiger partial charge on any atom is 0.256 e. The summed E-state index contributed by atoms with van der Waals surface area (Å²) in [6.07, 6.45) is 5.13. The highest BCUT2D eigenvalue weighted by Crippen LogP contribution is 2.28. The average Bonchev–Trinajstić information content (AvgIpc) is 3.45. The summed E-state index contributed by atoms with van der Waals surface area (Å²) in [5.74, 6) is 1.13. The molecule has 0 spiro atoms. The Morgan fingerprint density at radius 2 is 2.15 bits per heavy atom. The minimum Gasteiger partial charge on any atom is -0.464 e. The van der Waals surface area contributed by atoms with Gasteiger partial charge in [-0.1, -0.05) is 0 Å². The highest BCUT2D eigenvalue weighted by molar-refractivity contribution is 7.90. The molecule has 5 rings (SSSR count). The fourth-order valence-electron chi connectivity index (χ4n) is 4.32. The van der Waals surface area contributed by atoms with E-state index in [1.54, 1.807) is 19.5 Å². The molecule has 1 saturated heterocycles. The molecule has 0 aliphatic carbocycles. The first-order valence-electron chi connectivity index (χ1n) is 11.2. The summed E-state index contributed by atoms with van der Waals surface area (Å²) in [5, 5.41) is 5.18. The zero-order chi connectivity index (χ0) is 23.9. The Bertz CT molecular complexity index is 1470. The average molecular weight is 482 g/mol. The Labute approximate surface area is 197 Å². The lowest BCUT2D eigenvalue weighted by Crippen LogP contribution is -2.56. The third kappa shape index (κ3) is 4.18. The number of aromatic amines is 1. The van der Waals surface area contributed by atoms with Crippen LogP contribution in [0.25, 0.3) is 22.0 Å². The second-order valence-corrected chi connectivity index (χ2v) is 10.4. The molecular formula is C23H27N7O3S. The molecule has 11 heteroatoms. The molecule has 0 bridgehead atoms. The van der Waals surface area contributed by atoms with E-state index in [1.807, 2.05) is 42.3 Å². The van der Waals surface area contributed by atoms with E-state index in [2.05, 4.69) is 36.5 Å². The minimum atomic E-state index is -3.61. The molecule has 10 nitrogen and oxygen atoms in total. The maximum atomic E-state index is 12.5. The van der Waals surface area contributed by atoms with Crippen molar-refractivity contribution in [2.75, 3.05) is 35.6 Å². The lowest BCUT2D eigenvalue weighted by molar-refractivity contribution is 0.297. The molecule has 3 aromatic heterocycles. The predicted octanol–water partition coefficient (Wildman–Crippen LogP) is 3.34. The van der Waals surface area contributed by atoms with E-state index in [-0.39, 0.29) is 11.8 Å². The van der Waals surface area contributed by atoms with Gasteiger partial charge < -0.3 is 24.5 Å². The van der Waals surface area contributed by atoms with Gasteiger partial charge in [0.2, 0.25) is 5.96 Å². The molecule has 2 N–H and O–H groups in total. The van der Waals surface area contributed by atoms with Crippen molar-refractivity contribution in [3.05, 3.63) is 48.6 Å². The number of hydrogen-bond acceptors (Lipinski definition) is 6. The van der Waals surface area contributed by atoms with Gasteiger partial charge in [-0.15, -0.1) is 4.40 Å². The predicted molar refractivity (Wildman–Crippen MR) is 134 cm³/mol. The summed E-state index contributed by atoms with van der Waals surface area (Å²) in [6.45, 7) is 7.58. The minimum absolute atomic E-state index is 0.0195. The molecule has 0 amide bonds. The smallest absolute Gasteiger partial charge is 0.256 e. The number of fused-ring (bicyclic) bond motifs is 2. The Morgan fingerprint density at radius 1 is 1.29 bits per heavy atom. The molecule has 1 aliphatic rings. The van der Waals surface area contributed by atoms with Gasteiger partial charge in [0, 0.05) is 42.9 Å². The van der Waals surface area contributed by atoms with E-state index in [0.29, 0.717) is 25.6 Å². The number of piperazine rings is 1. The van der Waals surface area contributed by atoms with Crippen LogP contribution in [0.15, 0.2) is 51.9 Å². The standard InChI is InChI=1S/C23H27N7O3S/c1-4-34(31,32)28-23(27-18-5-6-19-17(11-18)7-10-33-19)30-9-8-29(13-16(30)3)22-20-15(2)12-24-21(20)25-14-26-22/h5-7,10-12,14,16H,4,8-9,13H2,1-3H3,(H,27,28)(H,24,25,26)/t16-/m0/s1. The van der Waals surface area contributed by atoms with E-state index >= 15 is 0 Å². The number of sulfonamides is 1. The van der Waals surface area contributed by atoms with Crippen LogP contribution < -0.4 is 10.2 Å². The van der Waals surface area contributed by atoms with Crippen molar-refractivity contribution in [2.45, 2.75) is 26.8 Å². The van der Waals surface area contributed by atoms with E-state index in [4.69, 9.17) is 4.42 Å². The quantitative estimate of drug-likeness (QED) is 0.336. The summed E-state index contributed by atoms with van der Waals surface area (Å²) in [7, 11) is -3.61. The van der Waals surface area contributed by atoms with Crippen molar-refractivity contribution in [2.24, 2.45) is 4.40 Å². The van der Waals surface area contributed by atoms with Crippen LogP contribution >= 0.6 is 0 Å². The fourth-order valence-corrected chi connectivity index (χ4v) is 4.86. The Balaban J connectivity index is 1.43. The van der Waals surface area contributed by atoms with E-state index < -0.39 is 10.0 Å². The largest absolute Gasteiger partial charge is 0.464 e. The molecule has 1 atom stereocenters. The van der Waals surface area contributed by atoms with Gasteiger partial charge in [0.1, 0.15) is 23.4 Å². The van der Waals surface area contributed by atoms with Gasteiger partial charge >= 0.3 is 0 Å². The second-order valence-electron chi connectivity index (χ2n) is 8.46. The molecule has 4 aromatic rings. The highest BCUT2D eigenvalue weighted by Gasteiger charge is 2.29. The molecule has 178 valence electrons. The van der Waals surface area contributed by atoms with Crippen LogP contribution in [-0.4, -0.2) is 65.7 Å². The first-order valence-corrected chi connectivity index (χ1v) is 12.8. The zero-order valence-corrected chi connectivity index (χ0v) is 20.1. The SMILES string of the molecule is CCS(=O)(=O)N=C(Nc1ccc2occc2c1)N1CCN(c2ncnc3[nH]cc(C)c23)C[C@@H]1C.